The molecular weight excluding hydrogens is 486 g/mol. The number of nitrogens with one attached hydrogen (secondary N) is 1. The second-order valence-electron chi connectivity index (χ2n) is 11.3. The summed E-state index contributed by atoms with van der Waals surface area (Å²) in [7, 11) is -1.35. The normalized spacial score (nSPS) is 13.1. The smallest absolute Gasteiger partial charge is 0.410 e. The van der Waals surface area contributed by atoms with Crippen molar-refractivity contribution in [1.82, 2.24) is 9.88 Å². The van der Waals surface area contributed by atoms with Gasteiger partial charge in [-0.25, -0.2) is 4.79 Å². The van der Waals surface area contributed by atoms with Gasteiger partial charge < -0.3 is 29.9 Å². The Morgan fingerprint density at radius 3 is 2.30 bits per heavy atom. The van der Waals surface area contributed by atoms with Crippen LogP contribution in [0.3, 0.4) is 0 Å². The number of benzene rings is 2. The van der Waals surface area contributed by atoms with Gasteiger partial charge in [-0.05, 0) is 67.7 Å². The number of carbonyl (C=O) groups excluding carboxylic acids is 1. The van der Waals surface area contributed by atoms with Crippen molar-refractivity contribution in [3.05, 3.63) is 70.0 Å². The van der Waals surface area contributed by atoms with Gasteiger partial charge in [0.2, 0.25) is 14.6 Å². The number of anilines is 1. The van der Waals surface area contributed by atoms with Crippen LogP contribution in [0, 0.1) is 0 Å². The molecule has 0 saturated heterocycles. The maximum atomic E-state index is 13.4. The Balaban J connectivity index is 2.08. The molecule has 3 aromatic rings. The third kappa shape index (κ3) is 7.59. The Hall–Kier alpha value is -3.30. The fraction of sp³-hybridized carbons (Fsp3) is 0.429. The molecule has 37 heavy (non-hydrogen) atoms. The first-order chi connectivity index (χ1) is 17.1. The second-order valence-corrected chi connectivity index (χ2v) is 14.1. The van der Waals surface area contributed by atoms with E-state index in [1.165, 1.54) is 6.07 Å². The van der Waals surface area contributed by atoms with E-state index in [2.05, 4.69) is 32.3 Å². The number of fused-ring (bicyclic) bond motifs is 1. The van der Waals surface area contributed by atoms with Gasteiger partial charge in [0.15, 0.2) is 0 Å². The summed E-state index contributed by atoms with van der Waals surface area (Å²) in [6.45, 7) is 14.5. The molecule has 0 aliphatic carbocycles. The summed E-state index contributed by atoms with van der Waals surface area (Å²) < 4.78 is 12.5. The van der Waals surface area contributed by atoms with E-state index in [1.807, 2.05) is 32.9 Å². The monoisotopic (exact) mass is 524 g/mol. The average molecular weight is 525 g/mol. The first-order valence-corrected chi connectivity index (χ1v) is 14.2. The summed E-state index contributed by atoms with van der Waals surface area (Å²) in [5, 5.41) is 11.0. The third-order valence-corrected chi connectivity index (χ3v) is 8.77. The third-order valence-electron chi connectivity index (χ3n) is 6.02. The highest BCUT2D eigenvalue weighted by Crippen LogP contribution is 2.36. The SMILES string of the molecule is C[Si](O[C@@H](CN(Cc1ccc(N)cc1)C(=O)OC(C)(C)C)c1ccc(O)c2[nH]c(=O)ccc12)C(C)(C)C. The minimum Gasteiger partial charge on any atom is -0.506 e. The Morgan fingerprint density at radius 2 is 1.70 bits per heavy atom. The number of rotatable bonds is 7. The van der Waals surface area contributed by atoms with E-state index in [1.54, 1.807) is 35.2 Å². The van der Waals surface area contributed by atoms with Gasteiger partial charge in [-0.15, -0.1) is 0 Å². The Bertz CT molecular complexity index is 1290. The van der Waals surface area contributed by atoms with Gasteiger partial charge in [0.05, 0.1) is 18.2 Å². The molecule has 9 heteroatoms. The topological polar surface area (TPSA) is 118 Å². The number of pyridine rings is 1. The van der Waals surface area contributed by atoms with Crippen molar-refractivity contribution >= 4 is 31.7 Å². The van der Waals surface area contributed by atoms with Crippen LogP contribution in [0.4, 0.5) is 10.5 Å². The minimum absolute atomic E-state index is 0.0288. The Morgan fingerprint density at radius 1 is 1.05 bits per heavy atom. The van der Waals surface area contributed by atoms with E-state index in [-0.39, 0.29) is 22.9 Å². The highest BCUT2D eigenvalue weighted by molar-refractivity contribution is 6.53. The molecule has 1 aromatic heterocycles. The molecule has 1 heterocycles. The number of phenolic OH excluding ortho intramolecular Hbond substituents is 1. The summed E-state index contributed by atoms with van der Waals surface area (Å²) in [6, 6.07) is 13.8. The zero-order valence-electron chi connectivity index (χ0n) is 22.7. The van der Waals surface area contributed by atoms with Gasteiger partial charge >= 0.3 is 6.09 Å². The second kappa shape index (κ2) is 11.0. The molecule has 0 bridgehead atoms. The number of nitrogen functional groups attached to an aromatic ring is 1. The molecule has 8 nitrogen and oxygen atoms in total. The van der Waals surface area contributed by atoms with Crippen LogP contribution < -0.4 is 11.3 Å². The molecule has 0 fully saturated rings. The number of nitrogens with zero attached hydrogens (tertiary/aromatic N) is 1. The molecular formula is C28H38N3O5Si. The molecule has 4 N–H and O–H groups in total. The number of aromatic nitrogens is 1. The van der Waals surface area contributed by atoms with Crippen molar-refractivity contribution in [2.45, 2.75) is 71.4 Å². The van der Waals surface area contributed by atoms with Crippen molar-refractivity contribution in [2.24, 2.45) is 0 Å². The summed E-state index contributed by atoms with van der Waals surface area (Å²) in [4.78, 5) is 29.7. The van der Waals surface area contributed by atoms with Crippen LogP contribution in [0.5, 0.6) is 5.75 Å². The molecule has 0 aliphatic rings. The zero-order chi connectivity index (χ0) is 27.5. The quantitative estimate of drug-likeness (QED) is 0.268. The van der Waals surface area contributed by atoms with Gasteiger partial charge in [-0.2, -0.15) is 0 Å². The molecule has 0 spiro atoms. The number of amides is 1. The van der Waals surface area contributed by atoms with E-state index in [4.69, 9.17) is 14.9 Å². The highest BCUT2D eigenvalue weighted by Gasteiger charge is 2.32. The van der Waals surface area contributed by atoms with E-state index in [9.17, 15) is 14.7 Å². The standard InChI is InChI=1S/C28H38N3O5Si/c1-27(2,3)35-26(34)31(16-18-8-10-19(29)11-9-18)17-23(36-37(7)28(4,5)6)20-12-14-22(32)25-21(20)13-15-24(33)30-25/h8-15,23,32H,16-17,29H2,1-7H3,(H,30,33)/t23-/m0/s1. The van der Waals surface area contributed by atoms with E-state index in [0.29, 0.717) is 23.1 Å². The van der Waals surface area contributed by atoms with Gasteiger partial charge in [0.25, 0.3) is 0 Å². The molecule has 1 radical (unpaired) electrons. The first kappa shape index (κ1) is 28.3. The van der Waals surface area contributed by atoms with Crippen LogP contribution >= 0.6 is 0 Å². The largest absolute Gasteiger partial charge is 0.506 e. The molecule has 1 atom stereocenters. The average Bonchev–Trinajstić information content (AvgIpc) is 2.78. The van der Waals surface area contributed by atoms with Gasteiger partial charge in [0, 0.05) is 23.7 Å². The number of carbonyl (C=O) groups is 1. The minimum atomic E-state index is -1.35. The summed E-state index contributed by atoms with van der Waals surface area (Å²) in [5.74, 6) is -0.0288. The van der Waals surface area contributed by atoms with Crippen LogP contribution in [0.15, 0.2) is 53.3 Å². The summed E-state index contributed by atoms with van der Waals surface area (Å²) >= 11 is 0. The lowest BCUT2D eigenvalue weighted by molar-refractivity contribution is 0.0144. The Kier molecular flexibility index (Phi) is 8.39. The molecule has 3 rings (SSSR count). The Labute approximate surface area is 220 Å². The number of hydrogen-bond acceptors (Lipinski definition) is 6. The number of aromatic hydroxyl groups is 1. The molecule has 2 aromatic carbocycles. The lowest BCUT2D eigenvalue weighted by Gasteiger charge is -2.34. The van der Waals surface area contributed by atoms with Crippen molar-refractivity contribution in [3.63, 3.8) is 0 Å². The first-order valence-electron chi connectivity index (χ1n) is 12.3. The lowest BCUT2D eigenvalue weighted by Crippen LogP contribution is -2.40. The van der Waals surface area contributed by atoms with Crippen LogP contribution in [-0.4, -0.2) is 42.3 Å². The van der Waals surface area contributed by atoms with Crippen molar-refractivity contribution in [3.8, 4) is 5.75 Å². The van der Waals surface area contributed by atoms with Crippen molar-refractivity contribution in [1.29, 1.82) is 0 Å². The number of nitrogens with two attached hydrogens (primary N) is 1. The van der Waals surface area contributed by atoms with Crippen LogP contribution in [0.2, 0.25) is 11.6 Å². The van der Waals surface area contributed by atoms with E-state index >= 15 is 0 Å². The molecule has 0 saturated carbocycles. The van der Waals surface area contributed by atoms with E-state index in [0.717, 1.165) is 11.1 Å². The highest BCUT2D eigenvalue weighted by atomic mass is 28.3. The van der Waals surface area contributed by atoms with E-state index < -0.39 is 26.8 Å². The van der Waals surface area contributed by atoms with Gasteiger partial charge in [-0.1, -0.05) is 39.0 Å². The fourth-order valence-electron chi connectivity index (χ4n) is 3.70. The lowest BCUT2D eigenvalue weighted by atomic mass is 10.0. The predicted octanol–water partition coefficient (Wildman–Crippen LogP) is 5.73. The molecule has 199 valence electrons. The number of ether oxygens (including phenoxy) is 1. The van der Waals surface area contributed by atoms with Crippen molar-refractivity contribution < 1.29 is 19.1 Å². The zero-order valence-corrected chi connectivity index (χ0v) is 23.7. The molecule has 1 amide bonds. The number of aromatic amines is 1. The van der Waals surface area contributed by atoms with Gasteiger partial charge in [-0.3, -0.25) is 4.79 Å². The maximum Gasteiger partial charge on any atom is 0.410 e. The summed E-state index contributed by atoms with van der Waals surface area (Å²) in [5.41, 5.74) is 7.51. The number of phenols is 1. The molecule has 0 unspecified atom stereocenters. The van der Waals surface area contributed by atoms with Gasteiger partial charge in [0.1, 0.15) is 11.4 Å². The van der Waals surface area contributed by atoms with Crippen LogP contribution in [-0.2, 0) is 15.7 Å². The number of H-pyrrole nitrogens is 1. The van der Waals surface area contributed by atoms with Crippen LogP contribution in [0.25, 0.3) is 10.9 Å². The number of hydrogen-bond donors (Lipinski definition) is 3. The maximum absolute atomic E-state index is 13.4. The predicted molar refractivity (Wildman–Crippen MR) is 149 cm³/mol. The van der Waals surface area contributed by atoms with Crippen LogP contribution in [0.1, 0.15) is 58.8 Å². The molecule has 0 aliphatic heterocycles. The summed E-state index contributed by atoms with van der Waals surface area (Å²) in [6.07, 6.45) is -0.997. The fourth-order valence-corrected chi connectivity index (χ4v) is 4.68. The van der Waals surface area contributed by atoms with Crippen molar-refractivity contribution in [2.75, 3.05) is 12.3 Å².